The van der Waals surface area contributed by atoms with Gasteiger partial charge in [0.05, 0.1) is 5.92 Å². The zero-order valence-electron chi connectivity index (χ0n) is 13.4. The molecule has 0 bridgehead atoms. The number of carboxylic acid groups (broad SMARTS) is 1. The van der Waals surface area contributed by atoms with E-state index in [0.717, 1.165) is 5.56 Å². The molecule has 1 atom stereocenters. The third kappa shape index (κ3) is 4.65. The molecule has 1 amide bonds. The van der Waals surface area contributed by atoms with Crippen LogP contribution >= 0.6 is 0 Å². The van der Waals surface area contributed by atoms with Crippen LogP contribution in [0.5, 0.6) is 0 Å². The zero-order valence-corrected chi connectivity index (χ0v) is 13.4. The first-order chi connectivity index (χ1) is 11.5. The summed E-state index contributed by atoms with van der Waals surface area (Å²) < 4.78 is 14.4. The van der Waals surface area contributed by atoms with Crippen LogP contribution in [0.1, 0.15) is 31.2 Å². The van der Waals surface area contributed by atoms with Gasteiger partial charge in [-0.25, -0.2) is 4.39 Å². The van der Waals surface area contributed by atoms with Crippen LogP contribution in [0.4, 0.5) is 4.39 Å². The number of rotatable bonds is 7. The summed E-state index contributed by atoms with van der Waals surface area (Å²) in [6.07, 6.45) is 0.206. The number of halogens is 1. The molecular weight excluding hydrogens is 309 g/mol. The van der Waals surface area contributed by atoms with E-state index in [1.807, 2.05) is 30.3 Å². The molecule has 24 heavy (non-hydrogen) atoms. The van der Waals surface area contributed by atoms with Gasteiger partial charge in [0, 0.05) is 18.1 Å². The van der Waals surface area contributed by atoms with Crippen LogP contribution in [-0.4, -0.2) is 18.4 Å². The molecule has 5 heteroatoms. The van der Waals surface area contributed by atoms with Crippen molar-refractivity contribution < 1.29 is 19.1 Å². The van der Waals surface area contributed by atoms with Crippen LogP contribution in [0.25, 0.3) is 11.1 Å². The monoisotopic (exact) mass is 328 g/mol. The van der Waals surface area contributed by atoms with Crippen LogP contribution in [0.2, 0.25) is 0 Å². The highest BCUT2D eigenvalue weighted by molar-refractivity contribution is 5.83. The van der Waals surface area contributed by atoms with E-state index < -0.39 is 11.9 Å². The Bertz CT molecular complexity index is 716. The SMILES string of the molecule is C[C@@H](C(=O)NCCCC(=O)[O-])c1ccc(-c2ccccc2)c(F)c1. The van der Waals surface area contributed by atoms with Gasteiger partial charge in [-0.1, -0.05) is 42.5 Å². The van der Waals surface area contributed by atoms with Crippen molar-refractivity contribution in [2.45, 2.75) is 25.7 Å². The van der Waals surface area contributed by atoms with Crippen molar-refractivity contribution in [1.82, 2.24) is 5.32 Å². The summed E-state index contributed by atoms with van der Waals surface area (Å²) in [5, 5.41) is 13.0. The van der Waals surface area contributed by atoms with E-state index >= 15 is 0 Å². The molecule has 0 aliphatic carbocycles. The number of carbonyl (C=O) groups is 2. The maximum Gasteiger partial charge on any atom is 0.227 e. The maximum atomic E-state index is 14.4. The van der Waals surface area contributed by atoms with Gasteiger partial charge in [0.2, 0.25) is 5.91 Å². The Hall–Kier alpha value is -2.69. The smallest absolute Gasteiger partial charge is 0.227 e. The molecule has 2 aromatic rings. The molecule has 0 heterocycles. The zero-order chi connectivity index (χ0) is 17.5. The lowest BCUT2D eigenvalue weighted by molar-refractivity contribution is -0.305. The first-order valence-electron chi connectivity index (χ1n) is 7.81. The number of aliphatic carboxylic acids is 1. The van der Waals surface area contributed by atoms with Gasteiger partial charge in [0.25, 0.3) is 0 Å². The Balaban J connectivity index is 2.02. The second-order valence-corrected chi connectivity index (χ2v) is 5.59. The molecule has 126 valence electrons. The molecule has 4 nitrogen and oxygen atoms in total. The van der Waals surface area contributed by atoms with E-state index in [-0.39, 0.29) is 24.7 Å². The molecule has 2 rings (SSSR count). The van der Waals surface area contributed by atoms with E-state index in [9.17, 15) is 19.1 Å². The molecule has 0 aromatic heterocycles. The van der Waals surface area contributed by atoms with Crippen LogP contribution in [0, 0.1) is 5.82 Å². The molecule has 0 radical (unpaired) electrons. The van der Waals surface area contributed by atoms with Gasteiger partial charge in [-0.15, -0.1) is 0 Å². The molecule has 1 N–H and O–H groups in total. The number of carboxylic acids is 1. The third-order valence-corrected chi connectivity index (χ3v) is 3.83. The summed E-state index contributed by atoms with van der Waals surface area (Å²) in [6, 6.07) is 14.0. The fourth-order valence-corrected chi connectivity index (χ4v) is 2.40. The number of benzene rings is 2. The van der Waals surface area contributed by atoms with Gasteiger partial charge < -0.3 is 15.2 Å². The van der Waals surface area contributed by atoms with Gasteiger partial charge in [-0.05, 0) is 37.0 Å². The quantitative estimate of drug-likeness (QED) is 0.793. The van der Waals surface area contributed by atoms with Gasteiger partial charge in [-0.2, -0.15) is 0 Å². The summed E-state index contributed by atoms with van der Waals surface area (Å²) in [5.41, 5.74) is 1.84. The number of nitrogens with one attached hydrogen (secondary N) is 1. The lowest BCUT2D eigenvalue weighted by Crippen LogP contribution is -2.30. The minimum absolute atomic E-state index is 0.102. The number of amides is 1. The predicted molar refractivity (Wildman–Crippen MR) is 87.5 cm³/mol. The second kappa shape index (κ2) is 8.24. The Morgan fingerprint density at radius 3 is 2.50 bits per heavy atom. The van der Waals surface area contributed by atoms with E-state index in [0.29, 0.717) is 17.5 Å². The van der Waals surface area contributed by atoms with Crippen molar-refractivity contribution in [2.24, 2.45) is 0 Å². The summed E-state index contributed by atoms with van der Waals surface area (Å²) >= 11 is 0. The predicted octanol–water partition coefficient (Wildman–Crippen LogP) is 2.24. The maximum absolute atomic E-state index is 14.4. The lowest BCUT2D eigenvalue weighted by atomic mass is 9.96. The Morgan fingerprint density at radius 2 is 1.88 bits per heavy atom. The lowest BCUT2D eigenvalue weighted by Gasteiger charge is -2.14. The number of hydrogen-bond acceptors (Lipinski definition) is 3. The molecule has 2 aromatic carbocycles. The third-order valence-electron chi connectivity index (χ3n) is 3.83. The normalized spacial score (nSPS) is 11.8. The molecule has 0 saturated heterocycles. The molecule has 0 aliphatic rings. The van der Waals surface area contributed by atoms with E-state index in [4.69, 9.17) is 0 Å². The molecule has 0 spiro atoms. The Labute approximate surface area is 140 Å². The first kappa shape index (κ1) is 17.7. The van der Waals surface area contributed by atoms with Crippen molar-refractivity contribution in [2.75, 3.05) is 6.54 Å². The van der Waals surface area contributed by atoms with Gasteiger partial charge in [0.1, 0.15) is 5.82 Å². The molecule has 0 saturated carbocycles. The van der Waals surface area contributed by atoms with Gasteiger partial charge in [0.15, 0.2) is 0 Å². The molecular formula is C19H19FNO3-. The van der Waals surface area contributed by atoms with E-state index in [2.05, 4.69) is 5.32 Å². The second-order valence-electron chi connectivity index (χ2n) is 5.59. The van der Waals surface area contributed by atoms with E-state index in [1.54, 1.807) is 19.1 Å². The average molecular weight is 328 g/mol. The van der Waals surface area contributed by atoms with Crippen LogP contribution in [-0.2, 0) is 9.59 Å². The standard InChI is InChI=1S/C19H20FNO3/c1-13(19(24)21-11-5-8-18(22)23)15-9-10-16(17(20)12-15)14-6-3-2-4-7-14/h2-4,6-7,9-10,12-13H,5,8,11H2,1H3,(H,21,24)(H,22,23)/p-1/t13-/m1/s1. The minimum atomic E-state index is -1.14. The largest absolute Gasteiger partial charge is 0.550 e. The fraction of sp³-hybridized carbons (Fsp3) is 0.263. The van der Waals surface area contributed by atoms with Crippen molar-refractivity contribution in [3.63, 3.8) is 0 Å². The first-order valence-corrected chi connectivity index (χ1v) is 7.81. The number of carbonyl (C=O) groups excluding carboxylic acids is 2. The van der Waals surface area contributed by atoms with Gasteiger partial charge in [-0.3, -0.25) is 4.79 Å². The average Bonchev–Trinajstić information content (AvgIpc) is 2.58. The Kier molecular flexibility index (Phi) is 6.07. The van der Waals surface area contributed by atoms with Crippen molar-refractivity contribution in [3.05, 3.63) is 59.9 Å². The van der Waals surface area contributed by atoms with Crippen molar-refractivity contribution >= 4 is 11.9 Å². The van der Waals surface area contributed by atoms with Gasteiger partial charge >= 0.3 is 0 Å². The summed E-state index contributed by atoms with van der Waals surface area (Å²) in [5.74, 6) is -2.31. The highest BCUT2D eigenvalue weighted by Gasteiger charge is 2.16. The Morgan fingerprint density at radius 1 is 1.17 bits per heavy atom. The minimum Gasteiger partial charge on any atom is -0.550 e. The van der Waals surface area contributed by atoms with Crippen molar-refractivity contribution in [1.29, 1.82) is 0 Å². The van der Waals surface area contributed by atoms with Crippen molar-refractivity contribution in [3.8, 4) is 11.1 Å². The number of hydrogen-bond donors (Lipinski definition) is 1. The fourth-order valence-electron chi connectivity index (χ4n) is 2.40. The molecule has 0 unspecified atom stereocenters. The van der Waals surface area contributed by atoms with Crippen LogP contribution in [0.3, 0.4) is 0 Å². The topological polar surface area (TPSA) is 69.2 Å². The summed E-state index contributed by atoms with van der Waals surface area (Å²) in [7, 11) is 0. The van der Waals surface area contributed by atoms with E-state index in [1.165, 1.54) is 6.07 Å². The molecule has 0 aliphatic heterocycles. The highest BCUT2D eigenvalue weighted by Crippen LogP contribution is 2.26. The highest BCUT2D eigenvalue weighted by atomic mass is 19.1. The summed E-state index contributed by atoms with van der Waals surface area (Å²) in [6.45, 7) is 1.94. The summed E-state index contributed by atoms with van der Waals surface area (Å²) in [4.78, 5) is 22.4. The molecule has 0 fully saturated rings. The van der Waals surface area contributed by atoms with Crippen LogP contribution < -0.4 is 10.4 Å². The van der Waals surface area contributed by atoms with Crippen LogP contribution in [0.15, 0.2) is 48.5 Å².